The molecule has 3 nitrogen and oxygen atoms in total. The first-order valence-electron chi connectivity index (χ1n) is 11.1. The Balaban J connectivity index is 2.51. The molecular formula is C21H29NO2. The van der Waals surface area contributed by atoms with Crippen molar-refractivity contribution in [2.45, 2.75) is 67.3 Å². The summed E-state index contributed by atoms with van der Waals surface area (Å²) in [6.07, 6.45) is -5.36. The average Bonchev–Trinajstić information content (AvgIpc) is 2.60. The first-order chi connectivity index (χ1) is 13.6. The smallest absolute Gasteiger partial charge is 0.226 e. The van der Waals surface area contributed by atoms with Crippen LogP contribution in [0.25, 0.3) is 0 Å². The van der Waals surface area contributed by atoms with Crippen molar-refractivity contribution in [2.24, 2.45) is 0 Å². The van der Waals surface area contributed by atoms with Crippen molar-refractivity contribution in [2.75, 3.05) is 0 Å². The van der Waals surface area contributed by atoms with E-state index in [0.717, 1.165) is 16.7 Å². The molecule has 1 heterocycles. The molecule has 3 heteroatoms. The van der Waals surface area contributed by atoms with E-state index in [1.807, 2.05) is 32.9 Å². The molecule has 130 valence electrons. The largest absolute Gasteiger partial charge is 0.490 e. The van der Waals surface area contributed by atoms with Gasteiger partial charge in [-0.3, -0.25) is 0 Å². The average molecular weight is 334 g/mol. The molecule has 0 aliphatic carbocycles. The third kappa shape index (κ3) is 4.08. The van der Waals surface area contributed by atoms with Crippen LogP contribution in [0.15, 0.2) is 18.2 Å². The van der Waals surface area contributed by atoms with Crippen molar-refractivity contribution < 1.29 is 17.7 Å². The minimum absolute atomic E-state index is 0.161. The number of aromatic nitrogens is 1. The van der Waals surface area contributed by atoms with Crippen LogP contribution < -0.4 is 9.47 Å². The molecule has 0 spiro atoms. The number of ether oxygens (including phenoxy) is 2. The van der Waals surface area contributed by atoms with Gasteiger partial charge in [-0.1, -0.05) is 31.5 Å². The van der Waals surface area contributed by atoms with Crippen molar-refractivity contribution in [1.29, 1.82) is 0 Å². The van der Waals surface area contributed by atoms with Gasteiger partial charge in [-0.25, -0.2) is 4.98 Å². The van der Waals surface area contributed by atoms with Gasteiger partial charge in [-0.05, 0) is 58.5 Å². The van der Waals surface area contributed by atoms with E-state index in [-0.39, 0.29) is 18.1 Å². The summed E-state index contributed by atoms with van der Waals surface area (Å²) < 4.78 is 59.0. The molecule has 24 heavy (non-hydrogen) atoms. The molecular weight excluding hydrogens is 298 g/mol. The third-order valence-corrected chi connectivity index (χ3v) is 3.81. The molecule has 2 rings (SSSR count). The molecule has 1 unspecified atom stereocenters. The van der Waals surface area contributed by atoms with E-state index in [2.05, 4.69) is 4.98 Å². The van der Waals surface area contributed by atoms with Crippen LogP contribution in [0.2, 0.25) is 0 Å². The summed E-state index contributed by atoms with van der Waals surface area (Å²) >= 11 is 0. The SMILES string of the molecule is [2H]C([2H])([2H])C([2H])([2H])C([2H])(CC)Oc1cc(C)nc(Oc2c(C)cc(C)cc2C)c1C. The van der Waals surface area contributed by atoms with Crippen molar-refractivity contribution in [3.63, 3.8) is 0 Å². The van der Waals surface area contributed by atoms with Crippen molar-refractivity contribution in [3.05, 3.63) is 46.1 Å². The summed E-state index contributed by atoms with van der Waals surface area (Å²) in [6.45, 7) is 7.81. The fourth-order valence-corrected chi connectivity index (χ4v) is 2.63. The molecule has 0 N–H and O–H groups in total. The Kier molecular flexibility index (Phi) is 3.69. The third-order valence-electron chi connectivity index (χ3n) is 3.81. The van der Waals surface area contributed by atoms with E-state index in [9.17, 15) is 0 Å². The van der Waals surface area contributed by atoms with Gasteiger partial charge in [0.2, 0.25) is 5.88 Å². The zero-order valence-electron chi connectivity index (χ0n) is 21.2. The number of hydrogen-bond acceptors (Lipinski definition) is 3. The van der Waals surface area contributed by atoms with Crippen molar-refractivity contribution >= 4 is 0 Å². The highest BCUT2D eigenvalue weighted by atomic mass is 16.5. The topological polar surface area (TPSA) is 31.4 Å². The molecule has 1 aromatic heterocycles. The maximum Gasteiger partial charge on any atom is 0.226 e. The van der Waals surface area contributed by atoms with Crippen molar-refractivity contribution in [1.82, 2.24) is 4.98 Å². The van der Waals surface area contributed by atoms with Crippen LogP contribution >= 0.6 is 0 Å². The standard InChI is InChI=1S/C21H29NO2/c1-8-18(9-2)23-19-12-16(6)22-21(17(19)7)24-20-14(4)10-13(3)11-15(20)5/h10-12,18H,8-9H2,1-7H3/i1D3,8D2,18D. The highest BCUT2D eigenvalue weighted by Crippen LogP contribution is 2.34. The van der Waals surface area contributed by atoms with Crippen LogP contribution in [0.5, 0.6) is 17.4 Å². The number of pyridine rings is 1. The second kappa shape index (κ2) is 7.69. The lowest BCUT2D eigenvalue weighted by atomic mass is 10.1. The Morgan fingerprint density at radius 1 is 1.17 bits per heavy atom. The van der Waals surface area contributed by atoms with Gasteiger partial charge in [0.1, 0.15) is 11.5 Å². The Morgan fingerprint density at radius 3 is 2.42 bits per heavy atom. The molecule has 0 aliphatic rings. The molecule has 0 radical (unpaired) electrons. The number of hydrogen-bond donors (Lipinski definition) is 0. The Bertz CT molecular complexity index is 919. The summed E-state index contributed by atoms with van der Waals surface area (Å²) in [5.74, 6) is 1.11. The summed E-state index contributed by atoms with van der Waals surface area (Å²) in [5, 5.41) is 0. The molecule has 2 aromatic rings. The lowest BCUT2D eigenvalue weighted by Crippen LogP contribution is -2.15. The van der Waals surface area contributed by atoms with Gasteiger partial charge >= 0.3 is 0 Å². The molecule has 1 aromatic carbocycles. The molecule has 0 bridgehead atoms. The van der Waals surface area contributed by atoms with Gasteiger partial charge in [-0.2, -0.15) is 0 Å². The Morgan fingerprint density at radius 2 is 1.83 bits per heavy atom. The van der Waals surface area contributed by atoms with Gasteiger partial charge in [0.05, 0.1) is 13.0 Å². The predicted octanol–water partition coefficient (Wildman–Crippen LogP) is 5.98. The van der Waals surface area contributed by atoms with E-state index >= 15 is 0 Å². The van der Waals surface area contributed by atoms with Gasteiger partial charge in [0, 0.05) is 18.6 Å². The number of aryl methyl sites for hydroxylation is 4. The van der Waals surface area contributed by atoms with Crippen LogP contribution in [0.1, 0.15) is 62.7 Å². The van der Waals surface area contributed by atoms with E-state index < -0.39 is 19.3 Å². The maximum atomic E-state index is 8.50. The summed E-state index contributed by atoms with van der Waals surface area (Å²) in [7, 11) is 0. The monoisotopic (exact) mass is 333 g/mol. The second-order valence-corrected chi connectivity index (χ2v) is 6.03. The summed E-state index contributed by atoms with van der Waals surface area (Å²) in [4.78, 5) is 4.43. The quantitative estimate of drug-likeness (QED) is 0.651. The molecule has 0 saturated carbocycles. The van der Waals surface area contributed by atoms with E-state index in [0.29, 0.717) is 17.0 Å². The highest BCUT2D eigenvalue weighted by molar-refractivity contribution is 5.48. The van der Waals surface area contributed by atoms with Crippen LogP contribution in [0.3, 0.4) is 0 Å². The summed E-state index contributed by atoms with van der Waals surface area (Å²) in [6, 6.07) is 5.56. The van der Waals surface area contributed by atoms with Gasteiger partial charge < -0.3 is 9.47 Å². The normalized spacial score (nSPS) is 18.2. The van der Waals surface area contributed by atoms with Crippen molar-refractivity contribution in [3.8, 4) is 17.4 Å². The fraction of sp³-hybridized carbons (Fsp3) is 0.476. The first kappa shape index (κ1) is 11.5. The second-order valence-electron chi connectivity index (χ2n) is 6.03. The molecule has 0 saturated heterocycles. The maximum absolute atomic E-state index is 8.50. The van der Waals surface area contributed by atoms with E-state index in [4.69, 9.17) is 17.7 Å². The minimum Gasteiger partial charge on any atom is -0.490 e. The Labute approximate surface area is 154 Å². The summed E-state index contributed by atoms with van der Waals surface area (Å²) in [5.41, 5.74) is 4.01. The van der Waals surface area contributed by atoms with Gasteiger partial charge in [-0.15, -0.1) is 0 Å². The van der Waals surface area contributed by atoms with Gasteiger partial charge in [0.25, 0.3) is 0 Å². The number of rotatable bonds is 6. The fourth-order valence-electron chi connectivity index (χ4n) is 2.63. The van der Waals surface area contributed by atoms with E-state index in [1.54, 1.807) is 19.9 Å². The zero-order chi connectivity index (χ0) is 23.1. The lowest BCUT2D eigenvalue weighted by molar-refractivity contribution is 0.190. The minimum atomic E-state index is -3.02. The molecule has 0 amide bonds. The molecule has 0 aliphatic heterocycles. The highest BCUT2D eigenvalue weighted by Gasteiger charge is 2.16. The molecule has 0 fully saturated rings. The van der Waals surface area contributed by atoms with Crippen LogP contribution in [0, 0.1) is 34.6 Å². The lowest BCUT2D eigenvalue weighted by Gasteiger charge is -2.20. The molecule has 1 atom stereocenters. The van der Waals surface area contributed by atoms with Crippen LogP contribution in [-0.2, 0) is 0 Å². The number of nitrogens with zero attached hydrogens (tertiary/aromatic N) is 1. The van der Waals surface area contributed by atoms with Crippen LogP contribution in [0.4, 0.5) is 0 Å². The number of benzene rings is 1. The van der Waals surface area contributed by atoms with Gasteiger partial charge in [0.15, 0.2) is 0 Å². The Hall–Kier alpha value is -2.03. The van der Waals surface area contributed by atoms with E-state index in [1.165, 1.54) is 6.92 Å². The zero-order valence-corrected chi connectivity index (χ0v) is 15.2. The predicted molar refractivity (Wildman–Crippen MR) is 99.4 cm³/mol. The first-order valence-corrected chi connectivity index (χ1v) is 8.06. The van der Waals surface area contributed by atoms with Crippen LogP contribution in [-0.4, -0.2) is 11.1 Å².